The van der Waals surface area contributed by atoms with Gasteiger partial charge in [-0.2, -0.15) is 4.37 Å². The Hall–Kier alpha value is -0.720. The van der Waals surface area contributed by atoms with Crippen molar-refractivity contribution < 1.29 is 9.84 Å². The molecule has 6 heteroatoms. The van der Waals surface area contributed by atoms with E-state index in [1.165, 1.54) is 24.4 Å². The number of hydrogen-bond acceptors (Lipinski definition) is 6. The molecule has 1 unspecified atom stereocenters. The van der Waals surface area contributed by atoms with Gasteiger partial charge in [-0.3, -0.25) is 0 Å². The molecule has 5 nitrogen and oxygen atoms in total. The highest BCUT2D eigenvalue weighted by atomic mass is 32.1. The van der Waals surface area contributed by atoms with Crippen LogP contribution in [0.2, 0.25) is 0 Å². The highest BCUT2D eigenvalue weighted by Crippen LogP contribution is 2.41. The summed E-state index contributed by atoms with van der Waals surface area (Å²) >= 11 is 1.50. The second kappa shape index (κ2) is 4.19. The molecule has 1 N–H and O–H groups in total. The summed E-state index contributed by atoms with van der Waals surface area (Å²) in [5, 5.41) is 11.4. The van der Waals surface area contributed by atoms with Gasteiger partial charge in [0.1, 0.15) is 10.6 Å². The Balaban J connectivity index is 1.68. The van der Waals surface area contributed by atoms with Crippen LogP contribution in [-0.4, -0.2) is 46.9 Å². The van der Waals surface area contributed by atoms with Gasteiger partial charge in [0.15, 0.2) is 0 Å². The van der Waals surface area contributed by atoms with Crippen LogP contribution in [0.1, 0.15) is 30.2 Å². The minimum atomic E-state index is -0.736. The topological polar surface area (TPSA) is 58.5 Å². The van der Waals surface area contributed by atoms with E-state index >= 15 is 0 Å². The maximum atomic E-state index is 10.2. The lowest BCUT2D eigenvalue weighted by molar-refractivity contribution is -0.0139. The SMILES string of the molecule is COCC1(O)CCN(c2nsc(C3CC3)n2)C1. The Bertz CT molecular complexity index is 407. The molecule has 2 heterocycles. The molecule has 1 aliphatic heterocycles. The van der Waals surface area contributed by atoms with Crippen molar-refractivity contribution in [2.45, 2.75) is 30.8 Å². The molecule has 0 aromatic carbocycles. The minimum Gasteiger partial charge on any atom is -0.386 e. The molecule has 1 aliphatic carbocycles. The number of aliphatic hydroxyl groups is 1. The normalized spacial score (nSPS) is 28.9. The van der Waals surface area contributed by atoms with Crippen molar-refractivity contribution in [3.63, 3.8) is 0 Å². The van der Waals surface area contributed by atoms with Crippen molar-refractivity contribution in [1.29, 1.82) is 0 Å². The predicted octanol–water partition coefficient (Wildman–Crippen LogP) is 1.00. The Morgan fingerprint density at radius 3 is 3.12 bits per heavy atom. The van der Waals surface area contributed by atoms with Gasteiger partial charge in [0.25, 0.3) is 0 Å². The molecule has 1 saturated heterocycles. The molecular formula is C11H17N3O2S. The largest absolute Gasteiger partial charge is 0.386 e. The van der Waals surface area contributed by atoms with Gasteiger partial charge in [0, 0.05) is 19.6 Å². The van der Waals surface area contributed by atoms with Gasteiger partial charge in [-0.05, 0) is 30.8 Å². The molecule has 1 aromatic heterocycles. The van der Waals surface area contributed by atoms with Crippen molar-refractivity contribution in [2.75, 3.05) is 31.7 Å². The number of hydrogen-bond donors (Lipinski definition) is 1. The molecule has 17 heavy (non-hydrogen) atoms. The van der Waals surface area contributed by atoms with Gasteiger partial charge in [0.05, 0.1) is 13.2 Å². The summed E-state index contributed by atoms with van der Waals surface area (Å²) in [6, 6.07) is 0. The molecule has 1 aromatic rings. The molecule has 2 fully saturated rings. The minimum absolute atomic E-state index is 0.378. The van der Waals surface area contributed by atoms with E-state index in [2.05, 4.69) is 14.3 Å². The Labute approximate surface area is 105 Å². The second-order valence-corrected chi connectivity index (χ2v) is 5.82. The van der Waals surface area contributed by atoms with Crippen LogP contribution in [0, 0.1) is 0 Å². The first-order valence-corrected chi connectivity index (χ1v) is 6.77. The predicted molar refractivity (Wildman–Crippen MR) is 65.5 cm³/mol. The van der Waals surface area contributed by atoms with E-state index in [9.17, 15) is 5.11 Å². The Kier molecular flexibility index (Phi) is 2.80. The Morgan fingerprint density at radius 1 is 1.59 bits per heavy atom. The third-order valence-electron chi connectivity index (χ3n) is 3.39. The first-order chi connectivity index (χ1) is 8.20. The van der Waals surface area contributed by atoms with Crippen molar-refractivity contribution >= 4 is 17.5 Å². The molecule has 0 spiro atoms. The fourth-order valence-corrected chi connectivity index (χ4v) is 3.10. The summed E-state index contributed by atoms with van der Waals surface area (Å²) in [7, 11) is 1.62. The third-order valence-corrected chi connectivity index (χ3v) is 4.25. The lowest BCUT2D eigenvalue weighted by atomic mass is 10.1. The van der Waals surface area contributed by atoms with E-state index in [1.807, 2.05) is 0 Å². The van der Waals surface area contributed by atoms with Gasteiger partial charge in [-0.25, -0.2) is 4.98 Å². The standard InChI is InChI=1S/C11H17N3O2S/c1-16-7-11(15)4-5-14(6-11)10-12-9(17-13-10)8-2-3-8/h8,15H,2-7H2,1H3. The number of methoxy groups -OCH3 is 1. The van der Waals surface area contributed by atoms with E-state index in [-0.39, 0.29) is 0 Å². The summed E-state index contributed by atoms with van der Waals surface area (Å²) in [6.07, 6.45) is 3.23. The molecule has 1 atom stereocenters. The van der Waals surface area contributed by atoms with E-state index in [0.29, 0.717) is 19.1 Å². The summed E-state index contributed by atoms with van der Waals surface area (Å²) in [5.41, 5.74) is -0.736. The second-order valence-electron chi connectivity index (χ2n) is 5.04. The van der Waals surface area contributed by atoms with E-state index in [1.54, 1.807) is 7.11 Å². The lowest BCUT2D eigenvalue weighted by Gasteiger charge is -2.21. The molecule has 94 valence electrons. The fraction of sp³-hybridized carbons (Fsp3) is 0.818. The van der Waals surface area contributed by atoms with Gasteiger partial charge in [-0.1, -0.05) is 0 Å². The van der Waals surface area contributed by atoms with Crippen LogP contribution in [-0.2, 0) is 4.74 Å². The number of ether oxygens (including phenoxy) is 1. The maximum absolute atomic E-state index is 10.2. The van der Waals surface area contributed by atoms with Crippen LogP contribution in [0.5, 0.6) is 0 Å². The van der Waals surface area contributed by atoms with E-state index < -0.39 is 5.60 Å². The zero-order chi connectivity index (χ0) is 11.9. The first-order valence-electron chi connectivity index (χ1n) is 6.00. The van der Waals surface area contributed by atoms with Gasteiger partial charge >= 0.3 is 0 Å². The maximum Gasteiger partial charge on any atom is 0.237 e. The van der Waals surface area contributed by atoms with Crippen molar-refractivity contribution in [3.05, 3.63) is 5.01 Å². The van der Waals surface area contributed by atoms with Crippen LogP contribution in [0.4, 0.5) is 5.95 Å². The van der Waals surface area contributed by atoms with Gasteiger partial charge in [-0.15, -0.1) is 0 Å². The quantitative estimate of drug-likeness (QED) is 0.870. The third kappa shape index (κ3) is 2.29. The molecule has 3 rings (SSSR count). The number of aromatic nitrogens is 2. The average molecular weight is 255 g/mol. The molecule has 0 bridgehead atoms. The average Bonchev–Trinajstić information content (AvgIpc) is 2.90. The Morgan fingerprint density at radius 2 is 2.41 bits per heavy atom. The highest BCUT2D eigenvalue weighted by molar-refractivity contribution is 7.05. The zero-order valence-electron chi connectivity index (χ0n) is 9.93. The van der Waals surface area contributed by atoms with Gasteiger partial charge < -0.3 is 14.7 Å². The summed E-state index contributed by atoms with van der Waals surface area (Å²) < 4.78 is 9.44. The highest BCUT2D eigenvalue weighted by Gasteiger charge is 2.38. The molecule has 0 radical (unpaired) electrons. The molecule has 2 aliphatic rings. The number of anilines is 1. The summed E-state index contributed by atoms with van der Waals surface area (Å²) in [6.45, 7) is 1.76. The summed E-state index contributed by atoms with van der Waals surface area (Å²) in [5.74, 6) is 1.44. The van der Waals surface area contributed by atoms with Crippen molar-refractivity contribution in [1.82, 2.24) is 9.36 Å². The van der Waals surface area contributed by atoms with Crippen molar-refractivity contribution in [3.8, 4) is 0 Å². The van der Waals surface area contributed by atoms with Crippen LogP contribution in [0.15, 0.2) is 0 Å². The van der Waals surface area contributed by atoms with Crippen LogP contribution < -0.4 is 4.90 Å². The lowest BCUT2D eigenvalue weighted by Crippen LogP contribution is -2.37. The number of nitrogens with zero attached hydrogens (tertiary/aromatic N) is 3. The first kappa shape index (κ1) is 11.4. The van der Waals surface area contributed by atoms with E-state index in [4.69, 9.17) is 4.74 Å². The van der Waals surface area contributed by atoms with E-state index in [0.717, 1.165) is 23.9 Å². The zero-order valence-corrected chi connectivity index (χ0v) is 10.7. The smallest absolute Gasteiger partial charge is 0.237 e. The molecule has 0 amide bonds. The monoisotopic (exact) mass is 255 g/mol. The number of rotatable bonds is 4. The molecule has 1 saturated carbocycles. The van der Waals surface area contributed by atoms with Crippen LogP contribution >= 0.6 is 11.5 Å². The van der Waals surface area contributed by atoms with Crippen LogP contribution in [0.3, 0.4) is 0 Å². The number of β-amino-alcohol motifs (C(OH)–C–C–N with tert-alkyl or cyclic N) is 1. The summed E-state index contributed by atoms with van der Waals surface area (Å²) in [4.78, 5) is 6.62. The molecular weight excluding hydrogens is 238 g/mol. The van der Waals surface area contributed by atoms with Gasteiger partial charge in [0.2, 0.25) is 5.95 Å². The fourth-order valence-electron chi connectivity index (χ4n) is 2.27. The van der Waals surface area contributed by atoms with Crippen molar-refractivity contribution in [2.24, 2.45) is 0 Å². The van der Waals surface area contributed by atoms with Crippen LogP contribution in [0.25, 0.3) is 0 Å².